The SMILES string of the molecule is COc1ccc(-c2ccc(-c3cc(C(=O)O)c4cc(F)ccc4n3)cc2F)cc1. The number of halogens is 2. The molecule has 3 aromatic carbocycles. The second kappa shape index (κ2) is 7.31. The molecule has 0 aliphatic rings. The van der Waals surface area contributed by atoms with Crippen molar-refractivity contribution in [2.45, 2.75) is 0 Å². The fourth-order valence-electron chi connectivity index (χ4n) is 3.20. The monoisotopic (exact) mass is 391 g/mol. The highest BCUT2D eigenvalue weighted by Gasteiger charge is 2.15. The first-order chi connectivity index (χ1) is 14.0. The van der Waals surface area contributed by atoms with Crippen LogP contribution in [0, 0.1) is 11.6 Å². The fourth-order valence-corrected chi connectivity index (χ4v) is 3.20. The number of aromatic nitrogens is 1. The molecule has 1 aromatic heterocycles. The van der Waals surface area contributed by atoms with Crippen LogP contribution >= 0.6 is 0 Å². The third-order valence-electron chi connectivity index (χ3n) is 4.67. The number of ether oxygens (including phenoxy) is 1. The molecule has 0 saturated carbocycles. The van der Waals surface area contributed by atoms with E-state index in [0.29, 0.717) is 33.7 Å². The minimum atomic E-state index is -1.21. The molecule has 0 fully saturated rings. The van der Waals surface area contributed by atoms with E-state index in [2.05, 4.69) is 4.98 Å². The van der Waals surface area contributed by atoms with Crippen molar-refractivity contribution < 1.29 is 23.4 Å². The van der Waals surface area contributed by atoms with Gasteiger partial charge in [-0.3, -0.25) is 0 Å². The minimum Gasteiger partial charge on any atom is -0.497 e. The Hall–Kier alpha value is -3.80. The molecule has 0 aliphatic carbocycles. The lowest BCUT2D eigenvalue weighted by Crippen LogP contribution is -2.01. The number of aromatic carboxylic acids is 1. The van der Waals surface area contributed by atoms with Gasteiger partial charge in [-0.2, -0.15) is 0 Å². The van der Waals surface area contributed by atoms with Crippen molar-refractivity contribution >= 4 is 16.9 Å². The van der Waals surface area contributed by atoms with E-state index in [-0.39, 0.29) is 10.9 Å². The molecule has 0 atom stereocenters. The van der Waals surface area contributed by atoms with E-state index in [4.69, 9.17) is 4.74 Å². The molecule has 4 nitrogen and oxygen atoms in total. The van der Waals surface area contributed by atoms with Crippen LogP contribution in [-0.4, -0.2) is 23.2 Å². The highest BCUT2D eigenvalue weighted by molar-refractivity contribution is 6.03. The zero-order valence-corrected chi connectivity index (χ0v) is 15.3. The highest BCUT2D eigenvalue weighted by Crippen LogP contribution is 2.30. The average Bonchev–Trinajstić information content (AvgIpc) is 2.73. The first-order valence-corrected chi connectivity index (χ1v) is 8.74. The van der Waals surface area contributed by atoms with Gasteiger partial charge in [-0.15, -0.1) is 0 Å². The lowest BCUT2D eigenvalue weighted by Gasteiger charge is -2.10. The standard InChI is InChI=1S/C23H15F2NO3/c1-29-16-6-2-13(3-7-16)17-8-4-14(10-20(17)25)22-12-19(23(27)28)18-11-15(24)5-9-21(18)26-22/h2-12H,1H3,(H,27,28). The maximum Gasteiger partial charge on any atom is 0.336 e. The molecule has 1 N–H and O–H groups in total. The van der Waals surface area contributed by atoms with Crippen LogP contribution in [0.4, 0.5) is 8.78 Å². The summed E-state index contributed by atoms with van der Waals surface area (Å²) in [4.78, 5) is 16.0. The lowest BCUT2D eigenvalue weighted by molar-refractivity contribution is 0.0699. The van der Waals surface area contributed by atoms with Crippen molar-refractivity contribution in [3.8, 4) is 28.1 Å². The zero-order chi connectivity index (χ0) is 20.5. The Bertz CT molecular complexity index is 1240. The number of carboxylic acids is 1. The summed E-state index contributed by atoms with van der Waals surface area (Å²) in [6.07, 6.45) is 0. The minimum absolute atomic E-state index is 0.0934. The number of hydrogen-bond acceptors (Lipinski definition) is 3. The summed E-state index contributed by atoms with van der Waals surface area (Å²) < 4.78 is 33.4. The van der Waals surface area contributed by atoms with E-state index < -0.39 is 17.6 Å². The van der Waals surface area contributed by atoms with Crippen LogP contribution in [0.15, 0.2) is 66.7 Å². The van der Waals surface area contributed by atoms with E-state index >= 15 is 0 Å². The Balaban J connectivity index is 1.80. The fraction of sp³-hybridized carbons (Fsp3) is 0.0435. The summed E-state index contributed by atoms with van der Waals surface area (Å²) in [5.41, 5.74) is 2.03. The Morgan fingerprint density at radius 1 is 0.931 bits per heavy atom. The van der Waals surface area contributed by atoms with Gasteiger partial charge in [0.25, 0.3) is 0 Å². The van der Waals surface area contributed by atoms with Crippen LogP contribution in [-0.2, 0) is 0 Å². The third kappa shape index (κ3) is 3.52. The number of nitrogens with zero attached hydrogens (tertiary/aromatic N) is 1. The molecule has 0 spiro atoms. The molecule has 0 amide bonds. The molecule has 4 rings (SSSR count). The molecule has 4 aromatic rings. The number of hydrogen-bond donors (Lipinski definition) is 1. The molecule has 6 heteroatoms. The summed E-state index contributed by atoms with van der Waals surface area (Å²) in [7, 11) is 1.56. The second-order valence-corrected chi connectivity index (χ2v) is 6.44. The van der Waals surface area contributed by atoms with Crippen molar-refractivity contribution in [3.63, 3.8) is 0 Å². The first kappa shape index (κ1) is 18.6. The molecule has 0 radical (unpaired) electrons. The Morgan fingerprint density at radius 2 is 1.66 bits per heavy atom. The van der Waals surface area contributed by atoms with Gasteiger partial charge in [-0.05, 0) is 48.0 Å². The zero-order valence-electron chi connectivity index (χ0n) is 15.3. The molecular weight excluding hydrogens is 376 g/mol. The van der Waals surface area contributed by atoms with Crippen LogP contribution in [0.1, 0.15) is 10.4 Å². The maximum absolute atomic E-state index is 14.8. The maximum atomic E-state index is 14.8. The van der Waals surface area contributed by atoms with Crippen molar-refractivity contribution in [2.75, 3.05) is 7.11 Å². The van der Waals surface area contributed by atoms with Crippen LogP contribution in [0.25, 0.3) is 33.3 Å². The molecule has 0 aliphatic heterocycles. The van der Waals surface area contributed by atoms with Crippen LogP contribution in [0.5, 0.6) is 5.75 Å². The number of benzene rings is 3. The number of fused-ring (bicyclic) bond motifs is 1. The highest BCUT2D eigenvalue weighted by atomic mass is 19.1. The van der Waals surface area contributed by atoms with E-state index in [1.54, 1.807) is 43.5 Å². The molecule has 29 heavy (non-hydrogen) atoms. The van der Waals surface area contributed by atoms with Crippen molar-refractivity contribution in [2.24, 2.45) is 0 Å². The summed E-state index contributed by atoms with van der Waals surface area (Å²) in [5.74, 6) is -1.56. The predicted molar refractivity (Wildman–Crippen MR) is 106 cm³/mol. The summed E-state index contributed by atoms with van der Waals surface area (Å²) in [5, 5.41) is 9.69. The lowest BCUT2D eigenvalue weighted by atomic mass is 10.00. The number of methoxy groups -OCH3 is 1. The van der Waals surface area contributed by atoms with Gasteiger partial charge in [0.05, 0.1) is 23.9 Å². The van der Waals surface area contributed by atoms with Gasteiger partial charge in [0.1, 0.15) is 17.4 Å². The topological polar surface area (TPSA) is 59.4 Å². The Labute approximate surface area is 165 Å². The molecule has 0 bridgehead atoms. The van der Waals surface area contributed by atoms with Gasteiger partial charge in [-0.25, -0.2) is 18.6 Å². The van der Waals surface area contributed by atoms with Gasteiger partial charge >= 0.3 is 5.97 Å². The molecule has 144 valence electrons. The molecule has 0 saturated heterocycles. The van der Waals surface area contributed by atoms with Gasteiger partial charge in [0.15, 0.2) is 0 Å². The second-order valence-electron chi connectivity index (χ2n) is 6.44. The number of carboxylic acid groups (broad SMARTS) is 1. The van der Waals surface area contributed by atoms with Gasteiger partial charge in [0.2, 0.25) is 0 Å². The average molecular weight is 391 g/mol. The largest absolute Gasteiger partial charge is 0.497 e. The predicted octanol–water partition coefficient (Wildman–Crippen LogP) is 5.55. The first-order valence-electron chi connectivity index (χ1n) is 8.74. The van der Waals surface area contributed by atoms with Crippen LogP contribution < -0.4 is 4.74 Å². The van der Waals surface area contributed by atoms with Crippen LogP contribution in [0.2, 0.25) is 0 Å². The summed E-state index contributed by atoms with van der Waals surface area (Å²) in [6, 6.07) is 16.6. The van der Waals surface area contributed by atoms with E-state index in [9.17, 15) is 18.7 Å². The Morgan fingerprint density at radius 3 is 2.31 bits per heavy atom. The third-order valence-corrected chi connectivity index (χ3v) is 4.67. The normalized spacial score (nSPS) is 10.9. The quantitative estimate of drug-likeness (QED) is 0.495. The van der Waals surface area contributed by atoms with Gasteiger partial charge in [0, 0.05) is 16.5 Å². The van der Waals surface area contributed by atoms with Crippen molar-refractivity contribution in [3.05, 3.63) is 83.9 Å². The van der Waals surface area contributed by atoms with E-state index in [0.717, 1.165) is 6.07 Å². The van der Waals surface area contributed by atoms with Crippen molar-refractivity contribution in [1.82, 2.24) is 4.98 Å². The Kier molecular flexibility index (Phi) is 4.68. The molecule has 0 unspecified atom stereocenters. The smallest absolute Gasteiger partial charge is 0.336 e. The van der Waals surface area contributed by atoms with E-state index in [1.807, 2.05) is 0 Å². The van der Waals surface area contributed by atoms with Gasteiger partial charge < -0.3 is 9.84 Å². The van der Waals surface area contributed by atoms with E-state index in [1.165, 1.54) is 24.3 Å². The number of rotatable bonds is 4. The molecule has 1 heterocycles. The van der Waals surface area contributed by atoms with Gasteiger partial charge in [-0.1, -0.05) is 24.3 Å². The van der Waals surface area contributed by atoms with Crippen molar-refractivity contribution in [1.29, 1.82) is 0 Å². The summed E-state index contributed by atoms with van der Waals surface area (Å²) >= 11 is 0. The molecular formula is C23H15F2NO3. The van der Waals surface area contributed by atoms with Crippen LogP contribution in [0.3, 0.4) is 0 Å². The number of carbonyl (C=O) groups is 1. The summed E-state index contributed by atoms with van der Waals surface area (Å²) in [6.45, 7) is 0. The number of pyridine rings is 1.